The van der Waals surface area contributed by atoms with E-state index in [9.17, 15) is 9.59 Å². The van der Waals surface area contributed by atoms with Gasteiger partial charge in [0.2, 0.25) is 0 Å². The van der Waals surface area contributed by atoms with Crippen molar-refractivity contribution < 1.29 is 24.2 Å². The number of anilines is 1. The second-order valence-electron chi connectivity index (χ2n) is 5.80. The normalized spacial score (nSPS) is 12.4. The van der Waals surface area contributed by atoms with E-state index >= 15 is 0 Å². The Hall–Kier alpha value is -2.28. The van der Waals surface area contributed by atoms with Crippen molar-refractivity contribution in [1.82, 2.24) is 0 Å². The van der Waals surface area contributed by atoms with Crippen LogP contribution in [0, 0.1) is 0 Å². The van der Waals surface area contributed by atoms with E-state index < -0.39 is 23.7 Å². The van der Waals surface area contributed by atoms with Crippen LogP contribution in [-0.2, 0) is 16.0 Å². The number of hydrogen-bond acceptors (Lipinski definition) is 5. The van der Waals surface area contributed by atoms with Crippen molar-refractivity contribution in [2.24, 2.45) is 5.73 Å². The molecule has 7 heteroatoms. The van der Waals surface area contributed by atoms with Gasteiger partial charge in [-0.1, -0.05) is 6.07 Å². The van der Waals surface area contributed by atoms with Crippen molar-refractivity contribution in [3.8, 4) is 5.75 Å². The fraction of sp³-hybridized carbons (Fsp3) is 0.467. The van der Waals surface area contributed by atoms with Crippen LogP contribution in [0.2, 0.25) is 0 Å². The fourth-order valence-electron chi connectivity index (χ4n) is 1.74. The largest absolute Gasteiger partial charge is 0.496 e. The minimum Gasteiger partial charge on any atom is -0.496 e. The number of carbonyl (C=O) groups is 2. The van der Waals surface area contributed by atoms with Gasteiger partial charge in [0.15, 0.2) is 0 Å². The molecular weight excluding hydrogens is 288 g/mol. The molecule has 7 nitrogen and oxygen atoms in total. The van der Waals surface area contributed by atoms with Crippen molar-refractivity contribution in [1.29, 1.82) is 0 Å². The van der Waals surface area contributed by atoms with Crippen LogP contribution in [0.25, 0.3) is 0 Å². The molecule has 0 fully saturated rings. The predicted octanol–water partition coefficient (Wildman–Crippen LogP) is 2.00. The number of rotatable bonds is 5. The highest BCUT2D eigenvalue weighted by Gasteiger charge is 2.18. The number of aliphatic carboxylic acids is 1. The number of nitrogens with one attached hydrogen (secondary N) is 1. The smallest absolute Gasteiger partial charge is 0.412 e. The van der Waals surface area contributed by atoms with Crippen LogP contribution in [0.15, 0.2) is 18.2 Å². The lowest BCUT2D eigenvalue weighted by molar-refractivity contribution is -0.138. The first-order valence-corrected chi connectivity index (χ1v) is 6.77. The Morgan fingerprint density at radius 3 is 2.50 bits per heavy atom. The average molecular weight is 310 g/mol. The highest BCUT2D eigenvalue weighted by Crippen LogP contribution is 2.24. The predicted molar refractivity (Wildman–Crippen MR) is 82.2 cm³/mol. The van der Waals surface area contributed by atoms with Crippen molar-refractivity contribution in [3.05, 3.63) is 23.8 Å². The number of nitrogens with two attached hydrogens (primary N) is 1. The Balaban J connectivity index is 2.84. The molecule has 122 valence electrons. The Kier molecular flexibility index (Phi) is 5.76. The van der Waals surface area contributed by atoms with Crippen LogP contribution < -0.4 is 15.8 Å². The van der Waals surface area contributed by atoms with Crippen molar-refractivity contribution in [3.63, 3.8) is 0 Å². The quantitative estimate of drug-likeness (QED) is 0.767. The molecule has 0 aromatic heterocycles. The van der Waals surface area contributed by atoms with E-state index in [2.05, 4.69) is 5.32 Å². The highest BCUT2D eigenvalue weighted by atomic mass is 16.6. The van der Waals surface area contributed by atoms with E-state index in [0.717, 1.165) is 0 Å². The molecule has 0 spiro atoms. The second kappa shape index (κ2) is 7.13. The lowest BCUT2D eigenvalue weighted by atomic mass is 10.0. The van der Waals surface area contributed by atoms with Crippen LogP contribution in [0.1, 0.15) is 26.3 Å². The number of benzene rings is 1. The van der Waals surface area contributed by atoms with E-state index in [0.29, 0.717) is 17.0 Å². The summed E-state index contributed by atoms with van der Waals surface area (Å²) in [7, 11) is 1.46. The summed E-state index contributed by atoms with van der Waals surface area (Å²) < 4.78 is 10.4. The number of ether oxygens (including phenoxy) is 2. The maximum Gasteiger partial charge on any atom is 0.412 e. The third-order valence-corrected chi connectivity index (χ3v) is 2.69. The summed E-state index contributed by atoms with van der Waals surface area (Å²) in [5.41, 5.74) is 6.05. The van der Waals surface area contributed by atoms with Crippen molar-refractivity contribution in [2.45, 2.75) is 38.8 Å². The van der Waals surface area contributed by atoms with E-state index in [1.807, 2.05) is 0 Å². The summed E-state index contributed by atoms with van der Waals surface area (Å²) in [5, 5.41) is 11.4. The van der Waals surface area contributed by atoms with Gasteiger partial charge in [0.05, 0.1) is 7.11 Å². The molecule has 1 amide bonds. The molecule has 1 atom stereocenters. The summed E-state index contributed by atoms with van der Waals surface area (Å²) in [6.45, 7) is 5.30. The number of amides is 1. The van der Waals surface area contributed by atoms with Crippen LogP contribution in [0.3, 0.4) is 0 Å². The van der Waals surface area contributed by atoms with Gasteiger partial charge < -0.3 is 20.3 Å². The monoisotopic (exact) mass is 310 g/mol. The molecule has 1 unspecified atom stereocenters. The SMILES string of the molecule is COc1cc(NC(=O)OC(C)(C)C)ccc1CC(N)C(=O)O. The average Bonchev–Trinajstić information content (AvgIpc) is 2.37. The zero-order chi connectivity index (χ0) is 16.9. The van der Waals surface area contributed by atoms with Gasteiger partial charge in [-0.25, -0.2) is 4.79 Å². The van der Waals surface area contributed by atoms with Gasteiger partial charge in [-0.2, -0.15) is 0 Å². The lowest BCUT2D eigenvalue weighted by Crippen LogP contribution is -2.32. The van der Waals surface area contributed by atoms with Crippen LogP contribution in [-0.4, -0.2) is 35.9 Å². The molecule has 1 aromatic carbocycles. The summed E-state index contributed by atoms with van der Waals surface area (Å²) in [4.78, 5) is 22.5. The topological polar surface area (TPSA) is 111 Å². The van der Waals surface area contributed by atoms with Crippen LogP contribution in [0.4, 0.5) is 10.5 Å². The Morgan fingerprint density at radius 2 is 2.00 bits per heavy atom. The Morgan fingerprint density at radius 1 is 1.36 bits per heavy atom. The van der Waals surface area contributed by atoms with E-state index in [1.54, 1.807) is 39.0 Å². The number of carboxylic acid groups (broad SMARTS) is 1. The summed E-state index contributed by atoms with van der Waals surface area (Å²) in [5.74, 6) is -0.636. The first kappa shape index (κ1) is 17.8. The molecule has 0 heterocycles. The van der Waals surface area contributed by atoms with Crippen LogP contribution in [0.5, 0.6) is 5.75 Å². The summed E-state index contributed by atoms with van der Waals surface area (Å²) in [6, 6.07) is 3.87. The van der Waals surface area contributed by atoms with Crippen LogP contribution >= 0.6 is 0 Å². The zero-order valence-electron chi connectivity index (χ0n) is 13.2. The van der Waals surface area contributed by atoms with Gasteiger partial charge in [-0.05, 0) is 32.4 Å². The van der Waals surface area contributed by atoms with E-state index in [-0.39, 0.29) is 6.42 Å². The van der Waals surface area contributed by atoms with Crippen molar-refractivity contribution in [2.75, 3.05) is 12.4 Å². The zero-order valence-corrected chi connectivity index (χ0v) is 13.2. The molecule has 1 rings (SSSR count). The maximum atomic E-state index is 11.7. The van der Waals surface area contributed by atoms with Gasteiger partial charge in [0, 0.05) is 18.2 Å². The molecule has 22 heavy (non-hydrogen) atoms. The molecule has 0 aliphatic rings. The molecule has 4 N–H and O–H groups in total. The molecular formula is C15H22N2O5. The molecule has 0 radical (unpaired) electrons. The lowest BCUT2D eigenvalue weighted by Gasteiger charge is -2.20. The molecule has 1 aromatic rings. The fourth-order valence-corrected chi connectivity index (χ4v) is 1.74. The Bertz CT molecular complexity index is 551. The standard InChI is InChI=1S/C15H22N2O5/c1-15(2,3)22-14(20)17-10-6-5-9(12(8-10)21-4)7-11(16)13(18)19/h5-6,8,11H,7,16H2,1-4H3,(H,17,20)(H,18,19). The number of methoxy groups -OCH3 is 1. The van der Waals surface area contributed by atoms with Gasteiger partial charge in [0.1, 0.15) is 17.4 Å². The van der Waals surface area contributed by atoms with Gasteiger partial charge in [-0.3, -0.25) is 10.1 Å². The Labute approximate surface area is 129 Å². The van der Waals surface area contributed by atoms with E-state index in [1.165, 1.54) is 7.11 Å². The number of hydrogen-bond donors (Lipinski definition) is 3. The molecule has 0 aliphatic heterocycles. The van der Waals surface area contributed by atoms with E-state index in [4.69, 9.17) is 20.3 Å². The second-order valence-corrected chi connectivity index (χ2v) is 5.80. The minimum absolute atomic E-state index is 0.130. The first-order valence-electron chi connectivity index (χ1n) is 6.77. The molecule has 0 saturated heterocycles. The maximum absolute atomic E-state index is 11.7. The highest BCUT2D eigenvalue weighted by molar-refractivity contribution is 5.85. The third-order valence-electron chi connectivity index (χ3n) is 2.69. The summed E-state index contributed by atoms with van der Waals surface area (Å²) in [6.07, 6.45) is -0.449. The van der Waals surface area contributed by atoms with Gasteiger partial charge >= 0.3 is 12.1 Å². The first-order chi connectivity index (χ1) is 10.1. The molecule has 0 bridgehead atoms. The third kappa shape index (κ3) is 5.61. The van der Waals surface area contributed by atoms with Crippen molar-refractivity contribution >= 4 is 17.7 Å². The molecule has 0 aliphatic carbocycles. The molecule has 0 saturated carbocycles. The summed E-state index contributed by atoms with van der Waals surface area (Å²) >= 11 is 0. The number of carbonyl (C=O) groups excluding carboxylic acids is 1. The number of carboxylic acids is 1. The van der Waals surface area contributed by atoms with Gasteiger partial charge in [0.25, 0.3) is 0 Å². The minimum atomic E-state index is -1.09. The van der Waals surface area contributed by atoms with Gasteiger partial charge in [-0.15, -0.1) is 0 Å².